The van der Waals surface area contributed by atoms with Crippen molar-refractivity contribution >= 4 is 51.9 Å². The molecular weight excluding hydrogens is 597 g/mol. The summed E-state index contributed by atoms with van der Waals surface area (Å²) in [4.78, 5) is 57.5. The maximum Gasteiger partial charge on any atom is 0.412 e. The van der Waals surface area contributed by atoms with Gasteiger partial charge in [0.2, 0.25) is 5.91 Å². The average molecular weight is 627 g/mol. The number of anilines is 1. The zero-order valence-corrected chi connectivity index (χ0v) is 25.5. The molecule has 1 saturated carbocycles. The Morgan fingerprint density at radius 3 is 2.45 bits per heavy atom. The van der Waals surface area contributed by atoms with Gasteiger partial charge in [-0.3, -0.25) is 19.3 Å². The molecule has 3 amide bonds. The van der Waals surface area contributed by atoms with Crippen molar-refractivity contribution in [2.45, 2.75) is 43.8 Å². The number of benzene rings is 3. The van der Waals surface area contributed by atoms with Crippen LogP contribution in [0.3, 0.4) is 0 Å². The minimum absolute atomic E-state index is 0.0618. The van der Waals surface area contributed by atoms with Crippen LogP contribution < -0.4 is 10.6 Å². The molecule has 1 aromatic heterocycles. The molecule has 2 heterocycles. The van der Waals surface area contributed by atoms with E-state index in [9.17, 15) is 19.2 Å². The Hall–Kier alpha value is -4.48. The summed E-state index contributed by atoms with van der Waals surface area (Å²) >= 11 is 2.71. The number of hydrogen-bond acceptors (Lipinski definition) is 8. The van der Waals surface area contributed by atoms with Crippen LogP contribution in [0.15, 0.2) is 84.2 Å². The lowest BCUT2D eigenvalue weighted by molar-refractivity contribution is -0.120. The topological polar surface area (TPSA) is 118 Å². The molecule has 224 valence electrons. The largest absolute Gasteiger partial charge is 0.444 e. The first-order valence-corrected chi connectivity index (χ1v) is 16.2. The number of carbonyl (C=O) groups excluding carboxylic acids is 4. The maximum atomic E-state index is 13.6. The fourth-order valence-corrected chi connectivity index (χ4v) is 6.97. The normalized spacial score (nSPS) is 17.6. The van der Waals surface area contributed by atoms with Gasteiger partial charge >= 0.3 is 6.09 Å². The summed E-state index contributed by atoms with van der Waals surface area (Å²) in [5.74, 6) is -0.215. The molecule has 0 bridgehead atoms. The van der Waals surface area contributed by atoms with Crippen molar-refractivity contribution in [3.63, 3.8) is 0 Å². The molecular formula is C33H30N4O5S2. The third-order valence-electron chi connectivity index (χ3n) is 7.39. The zero-order chi connectivity index (χ0) is 30.6. The summed E-state index contributed by atoms with van der Waals surface area (Å²) in [6, 6.07) is 23.1. The minimum Gasteiger partial charge on any atom is -0.444 e. The van der Waals surface area contributed by atoms with Gasteiger partial charge in [-0.05, 0) is 49.1 Å². The monoisotopic (exact) mass is 626 g/mol. The molecule has 4 aromatic rings. The van der Waals surface area contributed by atoms with Gasteiger partial charge < -0.3 is 15.4 Å². The minimum atomic E-state index is -0.828. The van der Waals surface area contributed by atoms with Crippen molar-refractivity contribution in [1.29, 1.82) is 0 Å². The number of aromatic nitrogens is 1. The number of carbonyl (C=O) groups is 4. The molecule has 1 aliphatic carbocycles. The Morgan fingerprint density at radius 2 is 1.73 bits per heavy atom. The standard InChI is InChI=1S/C33H30N4O5S2/c1-20(38)24-8-5-9-25(16-24)31-37(33(41)42-17-21-6-3-2-4-7-21)28(19-43-31)30(40)36-32-35-27(18-44-32)22-10-12-23(13-11-22)29(39)34-26-14-15-26/h2-13,16,18,26,28,31H,14-15,17,19H2,1H3,(H,34,39)(H,35,36,40)/t28-,31?/m0/s1. The summed E-state index contributed by atoms with van der Waals surface area (Å²) in [7, 11) is 0. The number of hydrogen-bond donors (Lipinski definition) is 2. The molecule has 2 aliphatic rings. The second kappa shape index (κ2) is 13.0. The second-order valence-electron chi connectivity index (χ2n) is 10.7. The first-order chi connectivity index (χ1) is 21.4. The number of rotatable bonds is 9. The van der Waals surface area contributed by atoms with E-state index in [2.05, 4.69) is 15.6 Å². The van der Waals surface area contributed by atoms with Crippen LogP contribution in [0.4, 0.5) is 9.93 Å². The zero-order valence-electron chi connectivity index (χ0n) is 23.9. The van der Waals surface area contributed by atoms with Crippen molar-refractivity contribution in [3.05, 3.63) is 106 Å². The first-order valence-electron chi connectivity index (χ1n) is 14.2. The van der Waals surface area contributed by atoms with E-state index >= 15 is 0 Å². The van der Waals surface area contributed by atoms with Crippen LogP contribution in [0.2, 0.25) is 0 Å². The third-order valence-corrected chi connectivity index (χ3v) is 9.47. The van der Waals surface area contributed by atoms with Gasteiger partial charge in [-0.1, -0.05) is 60.7 Å². The van der Waals surface area contributed by atoms with E-state index in [1.165, 1.54) is 34.9 Å². The fourth-order valence-electron chi connectivity index (χ4n) is 4.83. The molecule has 9 nitrogen and oxygen atoms in total. The van der Waals surface area contributed by atoms with E-state index in [-0.39, 0.29) is 30.2 Å². The molecule has 1 saturated heterocycles. The Bertz CT molecular complexity index is 1690. The number of Topliss-reactive ketones (excluding diaryl/α,β-unsaturated/α-hetero) is 1. The van der Waals surface area contributed by atoms with E-state index in [0.717, 1.165) is 29.5 Å². The number of nitrogens with one attached hydrogen (secondary N) is 2. The smallest absolute Gasteiger partial charge is 0.412 e. The van der Waals surface area contributed by atoms with Crippen molar-refractivity contribution in [1.82, 2.24) is 15.2 Å². The highest BCUT2D eigenvalue weighted by Crippen LogP contribution is 2.42. The molecule has 2 N–H and O–H groups in total. The van der Waals surface area contributed by atoms with Crippen molar-refractivity contribution in [3.8, 4) is 11.3 Å². The van der Waals surface area contributed by atoms with Gasteiger partial charge in [0.1, 0.15) is 18.0 Å². The van der Waals surface area contributed by atoms with Crippen molar-refractivity contribution in [2.24, 2.45) is 0 Å². The van der Waals surface area contributed by atoms with Crippen LogP contribution in [-0.4, -0.2) is 51.4 Å². The predicted octanol–water partition coefficient (Wildman–Crippen LogP) is 6.30. The summed E-state index contributed by atoms with van der Waals surface area (Å²) in [6.45, 7) is 1.55. The highest BCUT2D eigenvalue weighted by Gasteiger charge is 2.43. The van der Waals surface area contributed by atoms with E-state index in [1.54, 1.807) is 30.3 Å². The van der Waals surface area contributed by atoms with E-state index in [0.29, 0.717) is 27.7 Å². The van der Waals surface area contributed by atoms with Crippen LogP contribution in [0.5, 0.6) is 0 Å². The molecule has 3 aromatic carbocycles. The third kappa shape index (κ3) is 6.84. The molecule has 0 radical (unpaired) electrons. The molecule has 0 spiro atoms. The SMILES string of the molecule is CC(=O)c1cccc(C2SC[C@@H](C(=O)Nc3nc(-c4ccc(C(=O)NC5CC5)cc4)cs3)N2C(=O)OCc2ccccc2)c1. The highest BCUT2D eigenvalue weighted by molar-refractivity contribution is 7.99. The number of thiazole rings is 1. The lowest BCUT2D eigenvalue weighted by atomic mass is 10.1. The van der Waals surface area contributed by atoms with Crippen molar-refractivity contribution < 1.29 is 23.9 Å². The van der Waals surface area contributed by atoms with Gasteiger partial charge in [0.25, 0.3) is 5.91 Å². The Kier molecular flexibility index (Phi) is 8.76. The van der Waals surface area contributed by atoms with Crippen LogP contribution in [0, 0.1) is 0 Å². The van der Waals surface area contributed by atoms with Crippen LogP contribution in [0.1, 0.15) is 57.0 Å². The molecule has 11 heteroatoms. The van der Waals surface area contributed by atoms with E-state index in [1.807, 2.05) is 53.9 Å². The molecule has 6 rings (SSSR count). The second-order valence-corrected chi connectivity index (χ2v) is 12.7. The van der Waals surface area contributed by atoms with Gasteiger partial charge in [0.05, 0.1) is 5.69 Å². The highest BCUT2D eigenvalue weighted by atomic mass is 32.2. The van der Waals surface area contributed by atoms with Crippen LogP contribution >= 0.6 is 23.1 Å². The number of thioether (sulfide) groups is 1. The Balaban J connectivity index is 1.17. The van der Waals surface area contributed by atoms with Gasteiger partial charge in [-0.25, -0.2) is 9.78 Å². The average Bonchev–Trinajstić information content (AvgIpc) is 3.54. The molecule has 44 heavy (non-hydrogen) atoms. The summed E-state index contributed by atoms with van der Waals surface area (Å²) in [6.07, 6.45) is 1.43. The maximum absolute atomic E-state index is 13.6. The van der Waals surface area contributed by atoms with Crippen LogP contribution in [-0.2, 0) is 16.1 Å². The van der Waals surface area contributed by atoms with Gasteiger partial charge in [0, 0.05) is 33.9 Å². The van der Waals surface area contributed by atoms with E-state index < -0.39 is 17.5 Å². The van der Waals surface area contributed by atoms with Crippen molar-refractivity contribution in [2.75, 3.05) is 11.1 Å². The number of ether oxygens (including phenoxy) is 1. The van der Waals surface area contributed by atoms with E-state index in [4.69, 9.17) is 4.74 Å². The summed E-state index contributed by atoms with van der Waals surface area (Å²) in [5.41, 5.74) is 4.17. The summed E-state index contributed by atoms with van der Waals surface area (Å²) in [5, 5.41) is 7.57. The lowest BCUT2D eigenvalue weighted by Gasteiger charge is -2.28. The molecule has 1 unspecified atom stereocenters. The fraction of sp³-hybridized carbons (Fsp3) is 0.242. The van der Waals surface area contributed by atoms with Gasteiger partial charge in [0.15, 0.2) is 10.9 Å². The predicted molar refractivity (Wildman–Crippen MR) is 171 cm³/mol. The molecule has 1 aliphatic heterocycles. The molecule has 2 fully saturated rings. The quantitative estimate of drug-likeness (QED) is 0.210. The first kappa shape index (κ1) is 29.6. The molecule has 2 atom stereocenters. The van der Waals surface area contributed by atoms with Crippen LogP contribution in [0.25, 0.3) is 11.3 Å². The summed E-state index contributed by atoms with van der Waals surface area (Å²) < 4.78 is 5.67. The number of amides is 3. The Labute approximate surface area is 263 Å². The van der Waals surface area contributed by atoms with Gasteiger partial charge in [-0.15, -0.1) is 23.1 Å². The lowest BCUT2D eigenvalue weighted by Crippen LogP contribution is -2.45. The Morgan fingerprint density at radius 1 is 0.955 bits per heavy atom. The number of ketones is 1. The number of nitrogens with zero attached hydrogens (tertiary/aromatic N) is 2. The van der Waals surface area contributed by atoms with Gasteiger partial charge in [-0.2, -0.15) is 0 Å².